The summed E-state index contributed by atoms with van der Waals surface area (Å²) in [7, 11) is 0. The zero-order chi connectivity index (χ0) is 14.6. The lowest BCUT2D eigenvalue weighted by molar-refractivity contribution is 0.149. The van der Waals surface area contributed by atoms with Crippen LogP contribution in [0.25, 0.3) is 0 Å². The van der Waals surface area contributed by atoms with Gasteiger partial charge in [0.2, 0.25) is 0 Å². The van der Waals surface area contributed by atoms with Gasteiger partial charge in [-0.25, -0.2) is 4.98 Å². The summed E-state index contributed by atoms with van der Waals surface area (Å²) in [5.41, 5.74) is 1.75. The van der Waals surface area contributed by atoms with Crippen LogP contribution >= 0.6 is 11.3 Å². The molecule has 1 aliphatic rings. The van der Waals surface area contributed by atoms with E-state index in [9.17, 15) is 0 Å². The summed E-state index contributed by atoms with van der Waals surface area (Å²) in [6, 6.07) is 0. The van der Waals surface area contributed by atoms with Crippen molar-refractivity contribution in [1.29, 1.82) is 0 Å². The second kappa shape index (κ2) is 7.04. The first-order chi connectivity index (χ1) is 9.45. The third kappa shape index (κ3) is 4.85. The standard InChI is InChI=1S/C17H30N2S/c1-13-19-16(12-20-13)9-10-18-11-14-5-7-15(8-6-14)17(2,3)4/h12,14-15,18H,5-11H2,1-4H3. The maximum atomic E-state index is 4.51. The van der Waals surface area contributed by atoms with E-state index in [4.69, 9.17) is 0 Å². The van der Waals surface area contributed by atoms with Crippen LogP contribution < -0.4 is 5.32 Å². The number of hydrogen-bond acceptors (Lipinski definition) is 3. The molecule has 2 nitrogen and oxygen atoms in total. The third-order valence-corrected chi connectivity index (χ3v) is 5.55. The predicted molar refractivity (Wildman–Crippen MR) is 88.3 cm³/mol. The highest BCUT2D eigenvalue weighted by atomic mass is 32.1. The molecule has 1 N–H and O–H groups in total. The van der Waals surface area contributed by atoms with Crippen LogP contribution in [0.2, 0.25) is 0 Å². The first-order valence-corrected chi connectivity index (χ1v) is 8.95. The van der Waals surface area contributed by atoms with Crippen molar-refractivity contribution in [3.8, 4) is 0 Å². The minimum atomic E-state index is 0.501. The van der Waals surface area contributed by atoms with Crippen LogP contribution in [0, 0.1) is 24.2 Å². The molecular weight excluding hydrogens is 264 g/mol. The minimum absolute atomic E-state index is 0.501. The molecule has 20 heavy (non-hydrogen) atoms. The molecular formula is C17H30N2S. The molecule has 114 valence electrons. The summed E-state index contributed by atoms with van der Waals surface area (Å²) >= 11 is 1.75. The summed E-state index contributed by atoms with van der Waals surface area (Å²) in [5.74, 6) is 1.82. The quantitative estimate of drug-likeness (QED) is 0.812. The number of thiazole rings is 1. The van der Waals surface area contributed by atoms with Crippen LogP contribution in [0.3, 0.4) is 0 Å². The maximum absolute atomic E-state index is 4.51. The van der Waals surface area contributed by atoms with E-state index in [2.05, 4.69) is 43.4 Å². The smallest absolute Gasteiger partial charge is 0.0897 e. The topological polar surface area (TPSA) is 24.9 Å². The van der Waals surface area contributed by atoms with Crippen molar-refractivity contribution < 1.29 is 0 Å². The number of aryl methyl sites for hydroxylation is 1. The molecule has 1 aromatic heterocycles. The fraction of sp³-hybridized carbons (Fsp3) is 0.824. The summed E-state index contributed by atoms with van der Waals surface area (Å²) in [6.45, 7) is 11.5. The van der Waals surface area contributed by atoms with E-state index >= 15 is 0 Å². The summed E-state index contributed by atoms with van der Waals surface area (Å²) < 4.78 is 0. The fourth-order valence-corrected chi connectivity index (χ4v) is 3.93. The highest BCUT2D eigenvalue weighted by Gasteiger charge is 2.29. The molecule has 0 amide bonds. The lowest BCUT2D eigenvalue weighted by Gasteiger charge is -2.37. The molecule has 1 fully saturated rings. The van der Waals surface area contributed by atoms with Gasteiger partial charge in [-0.05, 0) is 56.4 Å². The van der Waals surface area contributed by atoms with Gasteiger partial charge in [-0.3, -0.25) is 0 Å². The van der Waals surface area contributed by atoms with E-state index in [-0.39, 0.29) is 0 Å². The van der Waals surface area contributed by atoms with Gasteiger partial charge in [0.15, 0.2) is 0 Å². The zero-order valence-corrected chi connectivity index (χ0v) is 14.4. The van der Waals surface area contributed by atoms with Crippen molar-refractivity contribution >= 4 is 11.3 Å². The molecule has 2 rings (SSSR count). The van der Waals surface area contributed by atoms with E-state index in [0.29, 0.717) is 5.41 Å². The van der Waals surface area contributed by atoms with E-state index in [0.717, 1.165) is 24.8 Å². The second-order valence-electron chi connectivity index (χ2n) is 7.40. The van der Waals surface area contributed by atoms with Crippen molar-refractivity contribution in [2.45, 2.75) is 59.8 Å². The molecule has 0 radical (unpaired) electrons. The Labute approximate surface area is 128 Å². The summed E-state index contributed by atoms with van der Waals surface area (Å²) in [4.78, 5) is 4.51. The number of nitrogens with one attached hydrogen (secondary N) is 1. The molecule has 0 bridgehead atoms. The first kappa shape index (κ1) is 16.0. The average molecular weight is 295 g/mol. The van der Waals surface area contributed by atoms with Crippen LogP contribution in [-0.4, -0.2) is 18.1 Å². The fourth-order valence-electron chi connectivity index (χ4n) is 3.28. The van der Waals surface area contributed by atoms with E-state index in [1.807, 2.05) is 0 Å². The molecule has 0 aromatic carbocycles. The van der Waals surface area contributed by atoms with Crippen molar-refractivity contribution in [3.63, 3.8) is 0 Å². The molecule has 0 spiro atoms. The van der Waals surface area contributed by atoms with E-state index in [1.165, 1.54) is 42.9 Å². The largest absolute Gasteiger partial charge is 0.316 e. The molecule has 0 unspecified atom stereocenters. The van der Waals surface area contributed by atoms with E-state index in [1.54, 1.807) is 11.3 Å². The molecule has 0 saturated heterocycles. The van der Waals surface area contributed by atoms with Crippen LogP contribution in [0.1, 0.15) is 57.2 Å². The Hall–Kier alpha value is -0.410. The Balaban J connectivity index is 1.59. The van der Waals surface area contributed by atoms with Crippen molar-refractivity contribution in [2.75, 3.05) is 13.1 Å². The van der Waals surface area contributed by atoms with Gasteiger partial charge in [-0.2, -0.15) is 0 Å². The van der Waals surface area contributed by atoms with Gasteiger partial charge < -0.3 is 5.32 Å². The van der Waals surface area contributed by atoms with Crippen LogP contribution in [0.15, 0.2) is 5.38 Å². The average Bonchev–Trinajstić information content (AvgIpc) is 2.80. The molecule has 0 aliphatic heterocycles. The van der Waals surface area contributed by atoms with Gasteiger partial charge >= 0.3 is 0 Å². The first-order valence-electron chi connectivity index (χ1n) is 8.07. The van der Waals surface area contributed by atoms with Gasteiger partial charge in [-0.15, -0.1) is 11.3 Å². The molecule has 1 aliphatic carbocycles. The highest BCUT2D eigenvalue weighted by Crippen LogP contribution is 2.39. The van der Waals surface area contributed by atoms with Crippen molar-refractivity contribution in [1.82, 2.24) is 10.3 Å². The Bertz CT molecular complexity index is 397. The van der Waals surface area contributed by atoms with E-state index < -0.39 is 0 Å². The van der Waals surface area contributed by atoms with Crippen LogP contribution in [-0.2, 0) is 6.42 Å². The minimum Gasteiger partial charge on any atom is -0.316 e. The maximum Gasteiger partial charge on any atom is 0.0897 e. The Morgan fingerprint density at radius 1 is 1.25 bits per heavy atom. The number of rotatable bonds is 5. The Morgan fingerprint density at radius 3 is 2.50 bits per heavy atom. The highest BCUT2D eigenvalue weighted by molar-refractivity contribution is 7.09. The molecule has 1 heterocycles. The third-order valence-electron chi connectivity index (χ3n) is 4.73. The van der Waals surface area contributed by atoms with Gasteiger partial charge in [0.05, 0.1) is 10.7 Å². The Morgan fingerprint density at radius 2 is 1.95 bits per heavy atom. The van der Waals surface area contributed by atoms with Gasteiger partial charge in [0.25, 0.3) is 0 Å². The van der Waals surface area contributed by atoms with Crippen molar-refractivity contribution in [3.05, 3.63) is 16.1 Å². The van der Waals surface area contributed by atoms with Gasteiger partial charge in [-0.1, -0.05) is 20.8 Å². The molecule has 1 aromatic rings. The summed E-state index contributed by atoms with van der Waals surface area (Å²) in [6.07, 6.45) is 6.72. The summed E-state index contributed by atoms with van der Waals surface area (Å²) in [5, 5.41) is 7.00. The number of aromatic nitrogens is 1. The van der Waals surface area contributed by atoms with Gasteiger partial charge in [0.1, 0.15) is 0 Å². The van der Waals surface area contributed by atoms with Crippen LogP contribution in [0.4, 0.5) is 0 Å². The molecule has 0 atom stereocenters. The SMILES string of the molecule is Cc1nc(CCNCC2CCC(C(C)(C)C)CC2)cs1. The normalized spacial score (nSPS) is 24.0. The lowest BCUT2D eigenvalue weighted by atomic mass is 9.70. The number of hydrogen-bond donors (Lipinski definition) is 1. The number of nitrogens with zero attached hydrogens (tertiary/aromatic N) is 1. The second-order valence-corrected chi connectivity index (χ2v) is 8.46. The van der Waals surface area contributed by atoms with Gasteiger partial charge in [0, 0.05) is 18.3 Å². The zero-order valence-electron chi connectivity index (χ0n) is 13.5. The monoisotopic (exact) mass is 294 g/mol. The van der Waals surface area contributed by atoms with Crippen molar-refractivity contribution in [2.24, 2.45) is 17.3 Å². The predicted octanol–water partition coefficient (Wildman–Crippen LogP) is 4.44. The lowest BCUT2D eigenvalue weighted by Crippen LogP contribution is -2.31. The molecule has 3 heteroatoms. The van der Waals surface area contributed by atoms with Crippen LogP contribution in [0.5, 0.6) is 0 Å². The Kier molecular flexibility index (Phi) is 5.62. The molecule has 1 saturated carbocycles.